The summed E-state index contributed by atoms with van der Waals surface area (Å²) in [6, 6.07) is 1.78. The van der Waals surface area contributed by atoms with Gasteiger partial charge in [-0.1, -0.05) is 0 Å². The van der Waals surface area contributed by atoms with E-state index in [2.05, 4.69) is 10.3 Å². The van der Waals surface area contributed by atoms with E-state index in [9.17, 15) is 4.79 Å². The Balaban J connectivity index is 3.14. The number of hydrogen-bond acceptors (Lipinski definition) is 3. The van der Waals surface area contributed by atoms with Gasteiger partial charge in [0.2, 0.25) is 12.3 Å². The van der Waals surface area contributed by atoms with Crippen molar-refractivity contribution in [2.75, 3.05) is 12.4 Å². The van der Waals surface area contributed by atoms with E-state index in [4.69, 9.17) is 4.74 Å². The lowest BCUT2D eigenvalue weighted by Gasteiger charge is -2.08. The highest BCUT2D eigenvalue weighted by Gasteiger charge is 2.05. The number of hydrogen-bond donors (Lipinski definition) is 1. The molecule has 0 fully saturated rings. The van der Waals surface area contributed by atoms with Gasteiger partial charge < -0.3 is 10.1 Å². The summed E-state index contributed by atoms with van der Waals surface area (Å²) in [5, 5.41) is 2.60. The number of amides is 1. The number of ether oxygens (including phenoxy) is 1. The number of carbonyl (C=O) groups is 1. The molecule has 0 aliphatic heterocycles. The molecular weight excluding hydrogens is 168 g/mol. The molecule has 13 heavy (non-hydrogen) atoms. The molecule has 1 N–H and O–H groups in total. The van der Waals surface area contributed by atoms with Crippen LogP contribution in [0, 0.1) is 13.8 Å². The Hall–Kier alpha value is -1.58. The molecule has 70 valence electrons. The number of aromatic nitrogens is 1. The minimum absolute atomic E-state index is 0.562. The minimum atomic E-state index is 0.562. The first-order chi connectivity index (χ1) is 6.19. The van der Waals surface area contributed by atoms with Gasteiger partial charge in [0.25, 0.3) is 0 Å². The predicted octanol–water partition coefficient (Wildman–Crippen LogP) is 1.28. The zero-order chi connectivity index (χ0) is 9.84. The second-order valence-electron chi connectivity index (χ2n) is 2.70. The molecule has 0 unspecified atom stereocenters. The van der Waals surface area contributed by atoms with Crippen LogP contribution in [-0.2, 0) is 4.79 Å². The Bertz CT molecular complexity index is 300. The normalized spacial score (nSPS) is 9.46. The van der Waals surface area contributed by atoms with Crippen molar-refractivity contribution in [3.05, 3.63) is 17.3 Å². The molecule has 1 aromatic rings. The summed E-state index contributed by atoms with van der Waals surface area (Å²) >= 11 is 0. The van der Waals surface area contributed by atoms with Crippen LogP contribution < -0.4 is 10.1 Å². The topological polar surface area (TPSA) is 51.2 Å². The number of methoxy groups -OCH3 is 1. The quantitative estimate of drug-likeness (QED) is 0.713. The van der Waals surface area contributed by atoms with Crippen molar-refractivity contribution in [3.8, 4) is 5.88 Å². The maximum Gasteiger partial charge on any atom is 0.213 e. The molecule has 4 nitrogen and oxygen atoms in total. The van der Waals surface area contributed by atoms with Crippen LogP contribution in [0.4, 0.5) is 5.69 Å². The SMILES string of the molecule is COc1cc(C)c(NC=O)c(C)n1. The molecule has 0 bridgehead atoms. The van der Waals surface area contributed by atoms with Crippen LogP contribution in [0.3, 0.4) is 0 Å². The molecule has 1 heterocycles. The third kappa shape index (κ3) is 1.96. The van der Waals surface area contributed by atoms with Crippen molar-refractivity contribution in [2.24, 2.45) is 0 Å². The molecule has 0 aromatic carbocycles. The highest BCUT2D eigenvalue weighted by atomic mass is 16.5. The lowest BCUT2D eigenvalue weighted by molar-refractivity contribution is -0.105. The van der Waals surface area contributed by atoms with Gasteiger partial charge >= 0.3 is 0 Å². The molecule has 0 aliphatic carbocycles. The molecule has 1 rings (SSSR count). The molecule has 4 heteroatoms. The van der Waals surface area contributed by atoms with Crippen molar-refractivity contribution >= 4 is 12.1 Å². The number of aryl methyl sites for hydroxylation is 2. The predicted molar refractivity (Wildman–Crippen MR) is 49.9 cm³/mol. The zero-order valence-electron chi connectivity index (χ0n) is 7.92. The van der Waals surface area contributed by atoms with Crippen LogP contribution in [0.1, 0.15) is 11.3 Å². The Morgan fingerprint density at radius 2 is 2.23 bits per heavy atom. The Labute approximate surface area is 76.9 Å². The molecular formula is C9H12N2O2. The van der Waals surface area contributed by atoms with Crippen molar-refractivity contribution in [3.63, 3.8) is 0 Å². The number of nitrogens with zero attached hydrogens (tertiary/aromatic N) is 1. The third-order valence-electron chi connectivity index (χ3n) is 1.79. The molecule has 0 radical (unpaired) electrons. The smallest absolute Gasteiger partial charge is 0.213 e. The standard InChI is InChI=1S/C9H12N2O2/c1-6-4-8(13-3)11-7(2)9(6)10-5-12/h4-5H,1-3H3,(H,10,12). The number of pyridine rings is 1. The minimum Gasteiger partial charge on any atom is -0.481 e. The van der Waals surface area contributed by atoms with E-state index in [0.717, 1.165) is 16.9 Å². The maximum absolute atomic E-state index is 10.3. The van der Waals surface area contributed by atoms with E-state index < -0.39 is 0 Å². The highest BCUT2D eigenvalue weighted by Crippen LogP contribution is 2.21. The summed E-state index contributed by atoms with van der Waals surface area (Å²) in [4.78, 5) is 14.4. The Kier molecular flexibility index (Phi) is 2.84. The van der Waals surface area contributed by atoms with Gasteiger partial charge in [-0.2, -0.15) is 0 Å². The average molecular weight is 180 g/mol. The van der Waals surface area contributed by atoms with Gasteiger partial charge in [-0.3, -0.25) is 4.79 Å². The first-order valence-electron chi connectivity index (χ1n) is 3.91. The Morgan fingerprint density at radius 3 is 2.69 bits per heavy atom. The summed E-state index contributed by atoms with van der Waals surface area (Å²) in [6.07, 6.45) is 0.642. The fourth-order valence-electron chi connectivity index (χ4n) is 1.18. The Morgan fingerprint density at radius 1 is 1.54 bits per heavy atom. The van der Waals surface area contributed by atoms with Gasteiger partial charge in [0, 0.05) is 6.07 Å². The van der Waals surface area contributed by atoms with Crippen molar-refractivity contribution in [1.29, 1.82) is 0 Å². The second kappa shape index (κ2) is 3.89. The van der Waals surface area contributed by atoms with E-state index >= 15 is 0 Å². The lowest BCUT2D eigenvalue weighted by atomic mass is 10.2. The van der Waals surface area contributed by atoms with Gasteiger partial charge in [0.05, 0.1) is 18.5 Å². The third-order valence-corrected chi connectivity index (χ3v) is 1.79. The van der Waals surface area contributed by atoms with Crippen molar-refractivity contribution in [2.45, 2.75) is 13.8 Å². The zero-order valence-corrected chi connectivity index (χ0v) is 7.92. The monoisotopic (exact) mass is 180 g/mol. The second-order valence-corrected chi connectivity index (χ2v) is 2.70. The summed E-state index contributed by atoms with van der Waals surface area (Å²) < 4.78 is 4.98. The number of rotatable bonds is 3. The van der Waals surface area contributed by atoms with Gasteiger partial charge in [0.15, 0.2) is 0 Å². The molecule has 0 atom stereocenters. The number of carbonyl (C=O) groups excluding carboxylic acids is 1. The van der Waals surface area contributed by atoms with Crippen LogP contribution in [0.15, 0.2) is 6.07 Å². The van der Waals surface area contributed by atoms with Crippen LogP contribution >= 0.6 is 0 Å². The van der Waals surface area contributed by atoms with Crippen LogP contribution in [0.5, 0.6) is 5.88 Å². The van der Waals surface area contributed by atoms with E-state index in [-0.39, 0.29) is 0 Å². The molecule has 0 aliphatic rings. The summed E-state index contributed by atoms with van der Waals surface area (Å²) in [5.41, 5.74) is 2.44. The van der Waals surface area contributed by atoms with E-state index in [1.54, 1.807) is 13.2 Å². The van der Waals surface area contributed by atoms with Crippen molar-refractivity contribution in [1.82, 2.24) is 4.98 Å². The first kappa shape index (κ1) is 9.51. The molecule has 0 spiro atoms. The van der Waals surface area contributed by atoms with Crippen LogP contribution in [-0.4, -0.2) is 18.5 Å². The fraction of sp³-hybridized carbons (Fsp3) is 0.333. The molecule has 0 saturated carbocycles. The molecule has 0 saturated heterocycles. The van der Waals surface area contributed by atoms with Crippen molar-refractivity contribution < 1.29 is 9.53 Å². The lowest BCUT2D eigenvalue weighted by Crippen LogP contribution is -2.02. The maximum atomic E-state index is 10.3. The average Bonchev–Trinajstić information content (AvgIpc) is 2.11. The van der Waals surface area contributed by atoms with Gasteiger partial charge in [0.1, 0.15) is 0 Å². The summed E-state index contributed by atoms with van der Waals surface area (Å²) in [5.74, 6) is 0.562. The van der Waals surface area contributed by atoms with Gasteiger partial charge in [-0.25, -0.2) is 4.98 Å². The van der Waals surface area contributed by atoms with Crippen LogP contribution in [0.2, 0.25) is 0 Å². The number of anilines is 1. The summed E-state index contributed by atoms with van der Waals surface area (Å²) in [6.45, 7) is 3.71. The number of nitrogens with one attached hydrogen (secondary N) is 1. The molecule has 1 amide bonds. The van der Waals surface area contributed by atoms with Gasteiger partial charge in [-0.15, -0.1) is 0 Å². The van der Waals surface area contributed by atoms with E-state index in [1.165, 1.54) is 0 Å². The van der Waals surface area contributed by atoms with E-state index in [0.29, 0.717) is 12.3 Å². The summed E-state index contributed by atoms with van der Waals surface area (Å²) in [7, 11) is 1.56. The van der Waals surface area contributed by atoms with E-state index in [1.807, 2.05) is 13.8 Å². The van der Waals surface area contributed by atoms with Gasteiger partial charge in [-0.05, 0) is 19.4 Å². The largest absolute Gasteiger partial charge is 0.481 e. The fourth-order valence-corrected chi connectivity index (χ4v) is 1.18. The first-order valence-corrected chi connectivity index (χ1v) is 3.91. The molecule has 1 aromatic heterocycles. The highest BCUT2D eigenvalue weighted by molar-refractivity contribution is 5.74. The van der Waals surface area contributed by atoms with Crippen LogP contribution in [0.25, 0.3) is 0 Å².